The van der Waals surface area contributed by atoms with Crippen molar-refractivity contribution in [1.82, 2.24) is 4.90 Å². The van der Waals surface area contributed by atoms with Crippen molar-refractivity contribution in [1.29, 1.82) is 0 Å². The highest BCUT2D eigenvalue weighted by atomic mass is 19.4. The molecule has 21 heavy (non-hydrogen) atoms. The second-order valence-electron chi connectivity index (χ2n) is 5.36. The van der Waals surface area contributed by atoms with E-state index >= 15 is 0 Å². The van der Waals surface area contributed by atoms with Crippen LogP contribution in [0.1, 0.15) is 35.7 Å². The van der Waals surface area contributed by atoms with Crippen molar-refractivity contribution in [3.8, 4) is 0 Å². The molecule has 0 bridgehead atoms. The monoisotopic (exact) mass is 304 g/mol. The number of carbonyl (C=O) groups excluding carboxylic acids is 1. The average Bonchev–Trinajstić information content (AvgIpc) is 2.36. The van der Waals surface area contributed by atoms with Gasteiger partial charge in [0.1, 0.15) is 5.82 Å². The first-order valence-corrected chi connectivity index (χ1v) is 6.63. The highest BCUT2D eigenvalue weighted by molar-refractivity contribution is 5.94. The Morgan fingerprint density at radius 3 is 2.57 bits per heavy atom. The van der Waals surface area contributed by atoms with Gasteiger partial charge in [0.2, 0.25) is 0 Å². The summed E-state index contributed by atoms with van der Waals surface area (Å²) in [6, 6.07) is 1.69. The minimum Gasteiger partial charge on any atom is -0.336 e. The SMILES string of the molecule is CC1CC(N)CCN1C(=O)c1cc(F)cc(C(F)(F)F)c1. The average molecular weight is 304 g/mol. The third-order valence-corrected chi connectivity index (χ3v) is 3.65. The van der Waals surface area contributed by atoms with Crippen LogP contribution >= 0.6 is 0 Å². The van der Waals surface area contributed by atoms with E-state index in [9.17, 15) is 22.4 Å². The fourth-order valence-corrected chi connectivity index (χ4v) is 2.55. The summed E-state index contributed by atoms with van der Waals surface area (Å²) in [4.78, 5) is 13.7. The molecule has 1 fully saturated rings. The molecule has 7 heteroatoms. The van der Waals surface area contributed by atoms with Crippen molar-refractivity contribution in [2.45, 2.75) is 38.0 Å². The number of hydrogen-bond acceptors (Lipinski definition) is 2. The van der Waals surface area contributed by atoms with E-state index in [0.29, 0.717) is 31.5 Å². The molecule has 1 heterocycles. The lowest BCUT2D eigenvalue weighted by Crippen LogP contribution is -2.48. The molecular formula is C14H16F4N2O. The molecule has 2 N–H and O–H groups in total. The fraction of sp³-hybridized carbons (Fsp3) is 0.500. The number of halogens is 4. The first-order valence-electron chi connectivity index (χ1n) is 6.63. The van der Waals surface area contributed by atoms with E-state index in [2.05, 4.69) is 0 Å². The minimum atomic E-state index is -4.69. The number of rotatable bonds is 1. The molecule has 2 unspecified atom stereocenters. The van der Waals surface area contributed by atoms with Crippen molar-refractivity contribution in [2.24, 2.45) is 5.73 Å². The van der Waals surface area contributed by atoms with Gasteiger partial charge in [-0.3, -0.25) is 4.79 Å². The van der Waals surface area contributed by atoms with Gasteiger partial charge in [0, 0.05) is 24.2 Å². The first-order chi connectivity index (χ1) is 9.68. The van der Waals surface area contributed by atoms with E-state index in [1.165, 1.54) is 4.90 Å². The Labute approximate surface area is 119 Å². The largest absolute Gasteiger partial charge is 0.416 e. The van der Waals surface area contributed by atoms with Gasteiger partial charge in [0.05, 0.1) is 5.56 Å². The fourth-order valence-electron chi connectivity index (χ4n) is 2.55. The van der Waals surface area contributed by atoms with Crippen LogP contribution < -0.4 is 5.73 Å². The van der Waals surface area contributed by atoms with E-state index in [4.69, 9.17) is 5.73 Å². The molecule has 1 aromatic carbocycles. The number of benzene rings is 1. The van der Waals surface area contributed by atoms with Crippen molar-refractivity contribution in [3.63, 3.8) is 0 Å². The van der Waals surface area contributed by atoms with Crippen LogP contribution in [0, 0.1) is 5.82 Å². The van der Waals surface area contributed by atoms with Gasteiger partial charge < -0.3 is 10.6 Å². The zero-order valence-electron chi connectivity index (χ0n) is 11.5. The number of carbonyl (C=O) groups is 1. The maximum Gasteiger partial charge on any atom is 0.416 e. The van der Waals surface area contributed by atoms with Crippen LogP contribution in [0.2, 0.25) is 0 Å². The summed E-state index contributed by atoms with van der Waals surface area (Å²) in [7, 11) is 0. The lowest BCUT2D eigenvalue weighted by molar-refractivity contribution is -0.137. The summed E-state index contributed by atoms with van der Waals surface area (Å²) in [6.45, 7) is 2.14. The summed E-state index contributed by atoms with van der Waals surface area (Å²) in [5.41, 5.74) is 4.34. The molecule has 0 aliphatic carbocycles. The molecule has 0 radical (unpaired) electrons. The van der Waals surface area contributed by atoms with Crippen LogP contribution in [-0.2, 0) is 6.18 Å². The predicted molar refractivity (Wildman–Crippen MR) is 69.1 cm³/mol. The second kappa shape index (κ2) is 5.63. The highest BCUT2D eigenvalue weighted by Gasteiger charge is 2.33. The van der Waals surface area contributed by atoms with E-state index < -0.39 is 23.5 Å². The number of nitrogens with two attached hydrogens (primary N) is 1. The number of likely N-dealkylation sites (tertiary alicyclic amines) is 1. The maximum absolute atomic E-state index is 13.4. The number of alkyl halides is 3. The van der Waals surface area contributed by atoms with Gasteiger partial charge in [-0.25, -0.2) is 4.39 Å². The Kier molecular flexibility index (Phi) is 4.22. The molecule has 0 spiro atoms. The van der Waals surface area contributed by atoms with Crippen LogP contribution in [-0.4, -0.2) is 29.4 Å². The summed E-state index contributed by atoms with van der Waals surface area (Å²) in [6.07, 6.45) is -3.53. The van der Waals surface area contributed by atoms with Crippen molar-refractivity contribution < 1.29 is 22.4 Å². The summed E-state index contributed by atoms with van der Waals surface area (Å²) in [5.74, 6) is -1.67. The molecule has 1 aliphatic heterocycles. The molecule has 2 rings (SSSR count). The van der Waals surface area contributed by atoms with Crippen LogP contribution in [0.4, 0.5) is 17.6 Å². The summed E-state index contributed by atoms with van der Waals surface area (Å²) < 4.78 is 51.4. The molecule has 3 nitrogen and oxygen atoms in total. The van der Waals surface area contributed by atoms with E-state index in [1.807, 2.05) is 0 Å². The smallest absolute Gasteiger partial charge is 0.336 e. The van der Waals surface area contributed by atoms with Crippen LogP contribution in [0.5, 0.6) is 0 Å². The Balaban J connectivity index is 2.29. The molecule has 0 saturated carbocycles. The molecule has 2 atom stereocenters. The van der Waals surface area contributed by atoms with Gasteiger partial charge in [-0.2, -0.15) is 13.2 Å². The molecule has 1 saturated heterocycles. The first kappa shape index (κ1) is 15.8. The molecule has 0 aromatic heterocycles. The lowest BCUT2D eigenvalue weighted by atomic mass is 9.98. The maximum atomic E-state index is 13.4. The number of hydrogen-bond donors (Lipinski definition) is 1. The normalized spacial score (nSPS) is 23.2. The zero-order valence-corrected chi connectivity index (χ0v) is 11.5. The van der Waals surface area contributed by atoms with Crippen molar-refractivity contribution >= 4 is 5.91 Å². The van der Waals surface area contributed by atoms with Crippen LogP contribution in [0.15, 0.2) is 18.2 Å². The van der Waals surface area contributed by atoms with Gasteiger partial charge >= 0.3 is 6.18 Å². The van der Waals surface area contributed by atoms with Crippen LogP contribution in [0.25, 0.3) is 0 Å². The van der Waals surface area contributed by atoms with Crippen molar-refractivity contribution in [2.75, 3.05) is 6.54 Å². The Hall–Kier alpha value is -1.63. The number of piperidine rings is 1. The van der Waals surface area contributed by atoms with Crippen molar-refractivity contribution in [3.05, 3.63) is 35.1 Å². The molecule has 1 aliphatic rings. The molecule has 1 aromatic rings. The zero-order chi connectivity index (χ0) is 15.8. The summed E-state index contributed by atoms with van der Waals surface area (Å²) in [5, 5.41) is 0. The van der Waals surface area contributed by atoms with Gasteiger partial charge in [-0.05, 0) is 38.0 Å². The molecular weight excluding hydrogens is 288 g/mol. The van der Waals surface area contributed by atoms with Gasteiger partial charge in [-0.15, -0.1) is 0 Å². The van der Waals surface area contributed by atoms with Crippen LogP contribution in [0.3, 0.4) is 0 Å². The number of nitrogens with zero attached hydrogens (tertiary/aromatic N) is 1. The Morgan fingerprint density at radius 1 is 1.33 bits per heavy atom. The van der Waals surface area contributed by atoms with Gasteiger partial charge in [0.25, 0.3) is 5.91 Å². The number of amides is 1. The lowest BCUT2D eigenvalue weighted by Gasteiger charge is -2.36. The quantitative estimate of drug-likeness (QED) is 0.811. The Morgan fingerprint density at radius 2 is 2.00 bits per heavy atom. The predicted octanol–water partition coefficient (Wildman–Crippen LogP) is 2.80. The highest BCUT2D eigenvalue weighted by Crippen LogP contribution is 2.31. The van der Waals surface area contributed by atoms with E-state index in [0.717, 1.165) is 6.07 Å². The summed E-state index contributed by atoms with van der Waals surface area (Å²) >= 11 is 0. The molecule has 1 amide bonds. The van der Waals surface area contributed by atoms with Gasteiger partial charge in [0.15, 0.2) is 0 Å². The van der Waals surface area contributed by atoms with E-state index in [1.54, 1.807) is 6.92 Å². The molecule has 116 valence electrons. The standard InChI is InChI=1S/C14H16F4N2O/c1-8-4-12(19)2-3-20(8)13(21)9-5-10(14(16,17)18)7-11(15)6-9/h5-8,12H,2-4,19H2,1H3. The second-order valence-corrected chi connectivity index (χ2v) is 5.36. The van der Waals surface area contributed by atoms with Gasteiger partial charge in [-0.1, -0.05) is 0 Å². The third kappa shape index (κ3) is 3.53. The minimum absolute atomic E-state index is 0.0257. The third-order valence-electron chi connectivity index (χ3n) is 3.65. The van der Waals surface area contributed by atoms with E-state index in [-0.39, 0.29) is 17.6 Å². The topological polar surface area (TPSA) is 46.3 Å². The Bertz CT molecular complexity index is 544.